The predicted octanol–water partition coefficient (Wildman–Crippen LogP) is 1.16. The maximum atomic E-state index is 12.2. The van der Waals surface area contributed by atoms with Crippen molar-refractivity contribution < 1.29 is 28.7 Å². The van der Waals surface area contributed by atoms with Crippen molar-refractivity contribution in [1.82, 2.24) is 10.2 Å². The molecule has 0 unspecified atom stereocenters. The molecule has 3 amide bonds. The fourth-order valence-electron chi connectivity index (χ4n) is 2.43. The molecule has 0 spiro atoms. The van der Waals surface area contributed by atoms with E-state index in [1.165, 1.54) is 14.2 Å². The smallest absolute Gasteiger partial charge is 0.354 e. The van der Waals surface area contributed by atoms with E-state index in [4.69, 9.17) is 0 Å². The van der Waals surface area contributed by atoms with Crippen molar-refractivity contribution in [2.24, 2.45) is 0 Å². The van der Waals surface area contributed by atoms with Crippen LogP contribution < -0.4 is 10.6 Å². The van der Waals surface area contributed by atoms with Gasteiger partial charge in [-0.25, -0.2) is 14.4 Å². The summed E-state index contributed by atoms with van der Waals surface area (Å²) in [5.41, 5.74) is 0.218. The van der Waals surface area contributed by atoms with E-state index in [1.54, 1.807) is 38.1 Å². The van der Waals surface area contributed by atoms with E-state index in [-0.39, 0.29) is 18.1 Å². The first-order valence-electron chi connectivity index (χ1n) is 8.06. The lowest BCUT2D eigenvalue weighted by molar-refractivity contribution is -0.138. The summed E-state index contributed by atoms with van der Waals surface area (Å²) in [4.78, 5) is 48.4. The number of esters is 2. The lowest BCUT2D eigenvalue weighted by atomic mass is 10.1. The number of rotatable bonds is 6. The molecule has 1 saturated heterocycles. The van der Waals surface area contributed by atoms with Gasteiger partial charge in [0.1, 0.15) is 11.2 Å². The largest absolute Gasteiger partial charge is 0.466 e. The Labute approximate surface area is 156 Å². The van der Waals surface area contributed by atoms with Gasteiger partial charge in [-0.05, 0) is 31.5 Å². The number of anilines is 1. The van der Waals surface area contributed by atoms with Gasteiger partial charge in [0.05, 0.1) is 26.8 Å². The first-order valence-corrected chi connectivity index (χ1v) is 8.06. The number of benzene rings is 1. The van der Waals surface area contributed by atoms with Crippen LogP contribution in [0.4, 0.5) is 10.5 Å². The molecule has 2 rings (SSSR count). The quantitative estimate of drug-likeness (QED) is 0.436. The second kappa shape index (κ2) is 7.90. The number of hydrogen-bond donors (Lipinski definition) is 2. The van der Waals surface area contributed by atoms with Crippen molar-refractivity contribution >= 4 is 29.6 Å². The van der Waals surface area contributed by atoms with Crippen LogP contribution in [0.15, 0.2) is 36.0 Å². The summed E-state index contributed by atoms with van der Waals surface area (Å²) in [6.07, 6.45) is 0.981. The molecule has 1 aromatic rings. The van der Waals surface area contributed by atoms with Crippen molar-refractivity contribution in [2.45, 2.75) is 25.9 Å². The van der Waals surface area contributed by atoms with E-state index in [9.17, 15) is 19.2 Å². The Morgan fingerprint density at radius 1 is 1.15 bits per heavy atom. The predicted molar refractivity (Wildman–Crippen MR) is 95.3 cm³/mol. The fraction of sp³-hybridized carbons (Fsp3) is 0.333. The zero-order valence-corrected chi connectivity index (χ0v) is 15.5. The second-order valence-electron chi connectivity index (χ2n) is 6.34. The molecule has 0 saturated carbocycles. The van der Waals surface area contributed by atoms with Crippen molar-refractivity contribution in [3.8, 4) is 0 Å². The topological polar surface area (TPSA) is 114 Å². The van der Waals surface area contributed by atoms with E-state index < -0.39 is 23.5 Å². The Morgan fingerprint density at radius 2 is 1.78 bits per heavy atom. The van der Waals surface area contributed by atoms with Gasteiger partial charge in [0.25, 0.3) is 5.91 Å². The molecule has 144 valence electrons. The molecule has 0 aliphatic carbocycles. The number of urea groups is 1. The van der Waals surface area contributed by atoms with Gasteiger partial charge in [0.2, 0.25) is 0 Å². The molecule has 27 heavy (non-hydrogen) atoms. The Morgan fingerprint density at radius 3 is 2.26 bits per heavy atom. The summed E-state index contributed by atoms with van der Waals surface area (Å²) in [7, 11) is 2.39. The summed E-state index contributed by atoms with van der Waals surface area (Å²) in [6.45, 7) is 3.40. The standard InChI is InChI=1S/C18H21N3O6/c1-18(2)16(24)21(17(25)20-18)10-11-5-7-12(8-6-11)19-13(15(23)27-4)9-14(22)26-3/h5-9,19H,10H2,1-4H3,(H,20,25)/b13-9+. The summed E-state index contributed by atoms with van der Waals surface area (Å²) in [6, 6.07) is 6.24. The molecule has 1 fully saturated rings. The zero-order valence-electron chi connectivity index (χ0n) is 15.5. The number of imide groups is 1. The van der Waals surface area contributed by atoms with Gasteiger partial charge >= 0.3 is 18.0 Å². The fourth-order valence-corrected chi connectivity index (χ4v) is 2.43. The molecule has 2 N–H and O–H groups in total. The van der Waals surface area contributed by atoms with Gasteiger partial charge in [-0.1, -0.05) is 12.1 Å². The van der Waals surface area contributed by atoms with Gasteiger partial charge in [-0.2, -0.15) is 0 Å². The van der Waals surface area contributed by atoms with E-state index >= 15 is 0 Å². The molecule has 9 heteroatoms. The van der Waals surface area contributed by atoms with Crippen molar-refractivity contribution in [2.75, 3.05) is 19.5 Å². The van der Waals surface area contributed by atoms with Gasteiger partial charge in [0.15, 0.2) is 0 Å². The Kier molecular flexibility index (Phi) is 5.84. The van der Waals surface area contributed by atoms with Crippen LogP contribution in [0, 0.1) is 0 Å². The molecule has 1 aromatic carbocycles. The zero-order chi connectivity index (χ0) is 20.2. The summed E-state index contributed by atoms with van der Waals surface area (Å²) >= 11 is 0. The van der Waals surface area contributed by atoms with Crippen LogP contribution in [0.5, 0.6) is 0 Å². The second-order valence-corrected chi connectivity index (χ2v) is 6.34. The van der Waals surface area contributed by atoms with Crippen molar-refractivity contribution in [3.05, 3.63) is 41.6 Å². The van der Waals surface area contributed by atoms with E-state index in [2.05, 4.69) is 20.1 Å². The van der Waals surface area contributed by atoms with E-state index in [0.717, 1.165) is 16.5 Å². The van der Waals surface area contributed by atoms with Gasteiger partial charge in [0, 0.05) is 5.69 Å². The first kappa shape index (κ1) is 20.0. The van der Waals surface area contributed by atoms with Crippen LogP contribution in [-0.4, -0.2) is 48.5 Å². The number of nitrogens with one attached hydrogen (secondary N) is 2. The molecule has 0 bridgehead atoms. The first-order chi connectivity index (χ1) is 12.7. The van der Waals surface area contributed by atoms with Crippen LogP contribution in [0.25, 0.3) is 0 Å². The maximum absolute atomic E-state index is 12.2. The van der Waals surface area contributed by atoms with Gasteiger partial charge in [-0.3, -0.25) is 9.69 Å². The average molecular weight is 375 g/mol. The molecule has 0 aromatic heterocycles. The van der Waals surface area contributed by atoms with Crippen molar-refractivity contribution in [3.63, 3.8) is 0 Å². The number of carbonyl (C=O) groups is 4. The minimum absolute atomic E-state index is 0.0899. The lowest BCUT2D eigenvalue weighted by Gasteiger charge is -2.16. The highest BCUT2D eigenvalue weighted by Gasteiger charge is 2.43. The van der Waals surface area contributed by atoms with Crippen LogP contribution in [0.3, 0.4) is 0 Å². The third-order valence-electron chi connectivity index (χ3n) is 3.89. The summed E-state index contributed by atoms with van der Waals surface area (Å²) in [5.74, 6) is -1.74. The lowest BCUT2D eigenvalue weighted by Crippen LogP contribution is -2.40. The van der Waals surface area contributed by atoms with Gasteiger partial charge < -0.3 is 20.1 Å². The Hall–Kier alpha value is -3.36. The number of amides is 3. The number of methoxy groups -OCH3 is 2. The van der Waals surface area contributed by atoms with E-state index in [1.807, 2.05) is 0 Å². The van der Waals surface area contributed by atoms with E-state index in [0.29, 0.717) is 5.69 Å². The number of hydrogen-bond acceptors (Lipinski definition) is 7. The number of ether oxygens (including phenoxy) is 2. The molecular weight excluding hydrogens is 354 g/mol. The average Bonchev–Trinajstić information content (AvgIpc) is 2.83. The molecule has 1 aliphatic heterocycles. The summed E-state index contributed by atoms with van der Waals surface area (Å²) < 4.78 is 9.12. The Bertz CT molecular complexity index is 798. The van der Waals surface area contributed by atoms with Gasteiger partial charge in [-0.15, -0.1) is 0 Å². The molecule has 0 atom stereocenters. The molecule has 1 heterocycles. The van der Waals surface area contributed by atoms with Crippen LogP contribution >= 0.6 is 0 Å². The highest BCUT2D eigenvalue weighted by molar-refractivity contribution is 6.06. The summed E-state index contributed by atoms with van der Waals surface area (Å²) in [5, 5.41) is 5.39. The molecule has 9 nitrogen and oxygen atoms in total. The van der Waals surface area contributed by atoms with Crippen LogP contribution in [0.2, 0.25) is 0 Å². The molecule has 1 aliphatic rings. The normalized spacial score (nSPS) is 16.0. The van der Waals surface area contributed by atoms with Crippen LogP contribution in [0.1, 0.15) is 19.4 Å². The molecular formula is C18H21N3O6. The van der Waals surface area contributed by atoms with Crippen molar-refractivity contribution in [1.29, 1.82) is 0 Å². The molecule has 0 radical (unpaired) electrons. The number of nitrogens with zero attached hydrogens (tertiary/aromatic N) is 1. The monoisotopic (exact) mass is 375 g/mol. The highest BCUT2D eigenvalue weighted by Crippen LogP contribution is 2.20. The third-order valence-corrected chi connectivity index (χ3v) is 3.89. The third kappa shape index (κ3) is 4.63. The SMILES string of the molecule is COC(=O)/C=C(/Nc1ccc(CN2C(=O)NC(C)(C)C2=O)cc1)C(=O)OC. The Balaban J connectivity index is 2.11. The maximum Gasteiger partial charge on any atom is 0.354 e. The minimum atomic E-state index is -0.924. The minimum Gasteiger partial charge on any atom is -0.466 e. The highest BCUT2D eigenvalue weighted by atomic mass is 16.5. The van der Waals surface area contributed by atoms with Crippen LogP contribution in [-0.2, 0) is 30.4 Å². The number of carbonyl (C=O) groups excluding carboxylic acids is 4.